The van der Waals surface area contributed by atoms with E-state index in [1.807, 2.05) is 6.07 Å². The van der Waals surface area contributed by atoms with Gasteiger partial charge in [0.2, 0.25) is 0 Å². The molecule has 0 aliphatic heterocycles. The Hall–Kier alpha value is -1.27. The molecule has 58 valence electrons. The molecule has 0 saturated heterocycles. The van der Waals surface area contributed by atoms with Crippen LogP contribution in [0.2, 0.25) is 0 Å². The maximum Gasteiger partial charge on any atom is 0.109 e. The van der Waals surface area contributed by atoms with Gasteiger partial charge in [0.15, 0.2) is 0 Å². The van der Waals surface area contributed by atoms with Gasteiger partial charge in [-0.25, -0.2) is 0 Å². The predicted octanol–water partition coefficient (Wildman–Crippen LogP) is 0.913. The van der Waals surface area contributed by atoms with Crippen LogP contribution in [0.4, 0.5) is 0 Å². The van der Waals surface area contributed by atoms with Crippen molar-refractivity contribution in [3.63, 3.8) is 0 Å². The molecule has 0 aromatic carbocycles. The molecule has 0 aliphatic carbocycles. The van der Waals surface area contributed by atoms with E-state index in [0.717, 1.165) is 0 Å². The molecule has 1 rings (SSSR count). The van der Waals surface area contributed by atoms with E-state index < -0.39 is 0 Å². The number of rotatable bonds is 1. The third-order valence-corrected chi connectivity index (χ3v) is 1.14. The molecular weight excluding hydrogens is 162 g/mol. The van der Waals surface area contributed by atoms with Gasteiger partial charge >= 0.3 is 0 Å². The van der Waals surface area contributed by atoms with Crippen molar-refractivity contribution in [3.05, 3.63) is 29.9 Å². The van der Waals surface area contributed by atoms with Crippen LogP contribution in [-0.4, -0.2) is 4.57 Å². The molecule has 1 aromatic rings. The summed E-state index contributed by atoms with van der Waals surface area (Å²) in [6.07, 6.45) is 3.43. The highest BCUT2D eigenvalue weighted by Gasteiger charge is 1.82. The molecule has 0 aliphatic rings. The van der Waals surface area contributed by atoms with Crippen LogP contribution in [0.25, 0.3) is 0 Å². The number of pyridine rings is 1. The Morgan fingerprint density at radius 3 is 2.45 bits per heavy atom. The quantitative estimate of drug-likeness (QED) is 0.668. The summed E-state index contributed by atoms with van der Waals surface area (Å²) in [6, 6.07) is 5.31. The lowest BCUT2D eigenvalue weighted by atomic mass is 10.4. The summed E-state index contributed by atoms with van der Waals surface area (Å²) in [5, 5.41) is 15.9. The van der Waals surface area contributed by atoms with Crippen LogP contribution in [0.1, 0.15) is 0 Å². The zero-order valence-corrected chi connectivity index (χ0v) is 6.64. The summed E-state index contributed by atoms with van der Waals surface area (Å²) < 4.78 is 1.72. The number of nitrogens with one attached hydrogen (secondary N) is 1. The fraction of sp³-hybridized carbons (Fsp3) is 0.143. The molecule has 0 fully saturated rings. The normalized spacial score (nSPS) is 7.91. The molecular formula is C7H8ClN3. The van der Waals surface area contributed by atoms with Crippen molar-refractivity contribution in [2.45, 2.75) is 6.54 Å². The van der Waals surface area contributed by atoms with Gasteiger partial charge in [-0.2, -0.15) is 5.26 Å². The predicted molar refractivity (Wildman–Crippen MR) is 43.1 cm³/mol. The molecule has 0 saturated carbocycles. The number of hydrogen-bond donors (Lipinski definition) is 1. The molecule has 0 bridgehead atoms. The fourth-order valence-electron chi connectivity index (χ4n) is 0.644. The number of hydrogen-bond acceptors (Lipinski definition) is 2. The first-order valence-corrected chi connectivity index (χ1v) is 2.90. The zero-order valence-electron chi connectivity index (χ0n) is 5.82. The van der Waals surface area contributed by atoms with Gasteiger partial charge in [0.1, 0.15) is 6.54 Å². The van der Waals surface area contributed by atoms with E-state index in [-0.39, 0.29) is 12.4 Å². The largest absolute Gasteiger partial charge is 0.340 e. The van der Waals surface area contributed by atoms with E-state index in [4.69, 9.17) is 10.7 Å². The molecule has 1 heterocycles. The SMILES string of the molecule is Cl.N#CCn1ccc(=N)cc1. The van der Waals surface area contributed by atoms with E-state index in [1.54, 1.807) is 29.1 Å². The second kappa shape index (κ2) is 4.53. The van der Waals surface area contributed by atoms with Crippen LogP contribution in [-0.2, 0) is 6.54 Å². The van der Waals surface area contributed by atoms with Crippen molar-refractivity contribution < 1.29 is 0 Å². The highest BCUT2D eigenvalue weighted by molar-refractivity contribution is 5.85. The lowest BCUT2D eigenvalue weighted by molar-refractivity contribution is 0.817. The Morgan fingerprint density at radius 1 is 1.45 bits per heavy atom. The number of halogens is 1. The first-order chi connectivity index (χ1) is 4.83. The van der Waals surface area contributed by atoms with Crippen molar-refractivity contribution in [2.24, 2.45) is 0 Å². The second-order valence-corrected chi connectivity index (χ2v) is 1.92. The fourth-order valence-corrected chi connectivity index (χ4v) is 0.644. The van der Waals surface area contributed by atoms with Crippen LogP contribution < -0.4 is 5.36 Å². The summed E-state index contributed by atoms with van der Waals surface area (Å²) in [4.78, 5) is 0. The van der Waals surface area contributed by atoms with Gasteiger partial charge in [-0.15, -0.1) is 12.4 Å². The van der Waals surface area contributed by atoms with Crippen LogP contribution >= 0.6 is 12.4 Å². The molecule has 3 nitrogen and oxygen atoms in total. The molecule has 0 atom stereocenters. The van der Waals surface area contributed by atoms with E-state index in [9.17, 15) is 0 Å². The van der Waals surface area contributed by atoms with Gasteiger partial charge in [0, 0.05) is 12.4 Å². The lowest BCUT2D eigenvalue weighted by Gasteiger charge is -1.96. The van der Waals surface area contributed by atoms with Gasteiger partial charge in [-0.05, 0) is 12.1 Å². The molecule has 11 heavy (non-hydrogen) atoms. The van der Waals surface area contributed by atoms with Crippen LogP contribution in [0.3, 0.4) is 0 Å². The average molecular weight is 170 g/mol. The summed E-state index contributed by atoms with van der Waals surface area (Å²) in [5.41, 5.74) is 0. The summed E-state index contributed by atoms with van der Waals surface area (Å²) in [5.74, 6) is 0. The van der Waals surface area contributed by atoms with Gasteiger partial charge in [-0.1, -0.05) is 0 Å². The maximum atomic E-state index is 8.27. The minimum Gasteiger partial charge on any atom is -0.340 e. The number of nitrogens with zero attached hydrogens (tertiary/aromatic N) is 2. The first kappa shape index (κ1) is 9.73. The summed E-state index contributed by atoms with van der Waals surface area (Å²) in [6.45, 7) is 0.347. The molecule has 0 amide bonds. The van der Waals surface area contributed by atoms with Crippen LogP contribution in [0, 0.1) is 16.7 Å². The van der Waals surface area contributed by atoms with Crippen LogP contribution in [0.15, 0.2) is 24.5 Å². The maximum absolute atomic E-state index is 8.27. The van der Waals surface area contributed by atoms with Crippen molar-refractivity contribution in [1.29, 1.82) is 10.7 Å². The Kier molecular flexibility index (Phi) is 4.01. The second-order valence-electron chi connectivity index (χ2n) is 1.92. The van der Waals surface area contributed by atoms with Crippen molar-refractivity contribution in [3.8, 4) is 6.07 Å². The van der Waals surface area contributed by atoms with E-state index in [2.05, 4.69) is 0 Å². The van der Waals surface area contributed by atoms with E-state index in [1.165, 1.54) is 0 Å². The van der Waals surface area contributed by atoms with Crippen molar-refractivity contribution >= 4 is 12.4 Å². The van der Waals surface area contributed by atoms with Crippen molar-refractivity contribution in [1.82, 2.24) is 4.57 Å². The highest BCUT2D eigenvalue weighted by atomic mass is 35.5. The van der Waals surface area contributed by atoms with E-state index >= 15 is 0 Å². The third kappa shape index (κ3) is 2.87. The Bertz CT molecular complexity index is 290. The highest BCUT2D eigenvalue weighted by Crippen LogP contribution is 1.80. The van der Waals surface area contributed by atoms with Gasteiger partial charge in [0.05, 0.1) is 11.4 Å². The monoisotopic (exact) mass is 169 g/mol. The molecule has 4 heteroatoms. The zero-order chi connectivity index (χ0) is 7.40. The van der Waals surface area contributed by atoms with Crippen LogP contribution in [0.5, 0.6) is 0 Å². The molecule has 1 aromatic heterocycles. The summed E-state index contributed by atoms with van der Waals surface area (Å²) in [7, 11) is 0. The molecule has 0 radical (unpaired) electrons. The Balaban J connectivity index is 0.000001000. The number of nitriles is 1. The molecule has 1 N–H and O–H groups in total. The van der Waals surface area contributed by atoms with Gasteiger partial charge < -0.3 is 9.98 Å². The number of aromatic nitrogens is 1. The smallest absolute Gasteiger partial charge is 0.109 e. The van der Waals surface area contributed by atoms with E-state index in [0.29, 0.717) is 11.9 Å². The van der Waals surface area contributed by atoms with Gasteiger partial charge in [-0.3, -0.25) is 0 Å². The van der Waals surface area contributed by atoms with Gasteiger partial charge in [0.25, 0.3) is 0 Å². The third-order valence-electron chi connectivity index (χ3n) is 1.14. The Morgan fingerprint density at radius 2 is 2.00 bits per heavy atom. The lowest BCUT2D eigenvalue weighted by Crippen LogP contribution is -2.02. The standard InChI is InChI=1S/C7H7N3.ClH/c8-3-6-10-4-1-7(9)2-5-10;/h1-2,4-5,9H,6H2;1H. The minimum absolute atomic E-state index is 0. The Labute approximate surface area is 70.8 Å². The summed E-state index contributed by atoms with van der Waals surface area (Å²) >= 11 is 0. The minimum atomic E-state index is 0. The average Bonchev–Trinajstić information content (AvgIpc) is 1.95. The molecule has 0 spiro atoms. The first-order valence-electron chi connectivity index (χ1n) is 2.90. The molecule has 0 unspecified atom stereocenters. The van der Waals surface area contributed by atoms with Crippen molar-refractivity contribution in [2.75, 3.05) is 0 Å². The topological polar surface area (TPSA) is 52.6 Å².